The number of rotatable bonds is 6. The van der Waals surface area contributed by atoms with Crippen molar-refractivity contribution < 1.29 is 4.79 Å². The lowest BCUT2D eigenvalue weighted by Gasteiger charge is -2.25. The van der Waals surface area contributed by atoms with Gasteiger partial charge in [0.1, 0.15) is 0 Å². The zero-order valence-electron chi connectivity index (χ0n) is 14.2. The first-order chi connectivity index (χ1) is 12.2. The van der Waals surface area contributed by atoms with Gasteiger partial charge in [-0.1, -0.05) is 48.5 Å². The monoisotopic (exact) mass is 328 g/mol. The van der Waals surface area contributed by atoms with Gasteiger partial charge in [-0.05, 0) is 48.9 Å². The molecule has 0 saturated heterocycles. The highest BCUT2D eigenvalue weighted by Gasteiger charge is 2.11. The fourth-order valence-electron chi connectivity index (χ4n) is 2.59. The lowest BCUT2D eigenvalue weighted by molar-refractivity contribution is -0.115. The minimum absolute atomic E-state index is 0.0622. The maximum absolute atomic E-state index is 11.0. The van der Waals surface area contributed by atoms with Crippen LogP contribution in [0.15, 0.2) is 89.9 Å². The summed E-state index contributed by atoms with van der Waals surface area (Å²) in [5.41, 5.74) is 4.26. The van der Waals surface area contributed by atoms with E-state index in [1.807, 2.05) is 48.5 Å². The molecule has 3 aromatic rings. The van der Waals surface area contributed by atoms with Crippen molar-refractivity contribution in [2.75, 3.05) is 11.4 Å². The fraction of sp³-hybridized carbons (Fsp3) is 0.0909. The molecule has 0 heterocycles. The Morgan fingerprint density at radius 3 is 1.76 bits per heavy atom. The molecule has 0 atom stereocenters. The minimum Gasteiger partial charge on any atom is -0.311 e. The molecule has 124 valence electrons. The lowest BCUT2D eigenvalue weighted by atomic mass is 10.1. The number of para-hydroxylation sites is 2. The maximum Gasteiger partial charge on any atom is 0.151 e. The Bertz CT molecular complexity index is 801. The molecule has 0 radical (unpaired) electrons. The fourth-order valence-corrected chi connectivity index (χ4v) is 2.59. The van der Waals surface area contributed by atoms with Crippen LogP contribution in [0.1, 0.15) is 12.5 Å². The largest absolute Gasteiger partial charge is 0.311 e. The highest BCUT2D eigenvalue weighted by molar-refractivity contribution is 5.85. The standard InChI is InChI=1S/C22H20N2O/c1-18(25)16-23-17-19-12-14-22(15-13-19)24(20-8-4-2-5-9-20)21-10-6-3-7-11-21/h2-15,17H,16H2,1H3. The number of benzene rings is 3. The average molecular weight is 328 g/mol. The van der Waals surface area contributed by atoms with Gasteiger partial charge in [0.15, 0.2) is 5.78 Å². The summed E-state index contributed by atoms with van der Waals surface area (Å²) in [7, 11) is 0. The number of ketones is 1. The molecule has 3 rings (SSSR count). The van der Waals surface area contributed by atoms with Crippen LogP contribution in [-0.2, 0) is 4.79 Å². The molecule has 0 aliphatic carbocycles. The third-order valence-electron chi connectivity index (χ3n) is 3.73. The molecule has 0 spiro atoms. The van der Waals surface area contributed by atoms with Crippen molar-refractivity contribution in [3.8, 4) is 0 Å². The lowest BCUT2D eigenvalue weighted by Crippen LogP contribution is -2.09. The molecule has 0 aliphatic rings. The number of carbonyl (C=O) groups excluding carboxylic acids is 1. The predicted octanol–water partition coefficient (Wildman–Crippen LogP) is 5.16. The summed E-state index contributed by atoms with van der Waals surface area (Å²) in [5, 5.41) is 0. The van der Waals surface area contributed by atoms with E-state index in [-0.39, 0.29) is 12.3 Å². The minimum atomic E-state index is 0.0622. The Balaban J connectivity index is 1.92. The predicted molar refractivity (Wildman–Crippen MR) is 104 cm³/mol. The molecule has 3 aromatic carbocycles. The summed E-state index contributed by atoms with van der Waals surface area (Å²) in [6.07, 6.45) is 1.74. The van der Waals surface area contributed by atoms with E-state index in [1.54, 1.807) is 6.21 Å². The number of anilines is 3. The molecule has 0 aliphatic heterocycles. The highest BCUT2D eigenvalue weighted by atomic mass is 16.1. The number of Topliss-reactive ketones (excluding diaryl/α,β-unsaturated/α-hetero) is 1. The summed E-state index contributed by atoms with van der Waals surface area (Å²) < 4.78 is 0. The second-order valence-corrected chi connectivity index (χ2v) is 5.77. The first-order valence-electron chi connectivity index (χ1n) is 8.23. The van der Waals surface area contributed by atoms with E-state index in [0.29, 0.717) is 0 Å². The molecule has 3 nitrogen and oxygen atoms in total. The van der Waals surface area contributed by atoms with Crippen LogP contribution in [0, 0.1) is 0 Å². The Hall–Kier alpha value is -3.20. The van der Waals surface area contributed by atoms with Gasteiger partial charge in [-0.15, -0.1) is 0 Å². The summed E-state index contributed by atoms with van der Waals surface area (Å²) in [5.74, 6) is 0.0622. The zero-order valence-corrected chi connectivity index (χ0v) is 14.2. The van der Waals surface area contributed by atoms with Crippen LogP contribution in [0.4, 0.5) is 17.1 Å². The van der Waals surface area contributed by atoms with E-state index in [4.69, 9.17) is 0 Å². The second kappa shape index (κ2) is 8.06. The molecule has 0 fully saturated rings. The molecule has 0 bridgehead atoms. The van der Waals surface area contributed by atoms with Gasteiger partial charge in [-0.25, -0.2) is 0 Å². The Morgan fingerprint density at radius 2 is 1.28 bits per heavy atom. The second-order valence-electron chi connectivity index (χ2n) is 5.77. The van der Waals surface area contributed by atoms with E-state index in [0.717, 1.165) is 22.6 Å². The van der Waals surface area contributed by atoms with Crippen molar-refractivity contribution in [1.29, 1.82) is 0 Å². The molecule has 0 aromatic heterocycles. The number of aliphatic imine (C=N–C) groups is 1. The van der Waals surface area contributed by atoms with Gasteiger partial charge in [0, 0.05) is 23.3 Å². The number of nitrogens with zero attached hydrogens (tertiary/aromatic N) is 2. The molecule has 0 N–H and O–H groups in total. The Kier molecular flexibility index (Phi) is 5.37. The highest BCUT2D eigenvalue weighted by Crippen LogP contribution is 2.33. The van der Waals surface area contributed by atoms with Gasteiger partial charge in [-0.2, -0.15) is 0 Å². The summed E-state index contributed by atoms with van der Waals surface area (Å²) >= 11 is 0. The Labute approximate surface area is 148 Å². The van der Waals surface area contributed by atoms with Gasteiger partial charge in [0.05, 0.1) is 6.54 Å². The third-order valence-corrected chi connectivity index (χ3v) is 3.73. The van der Waals surface area contributed by atoms with Crippen LogP contribution >= 0.6 is 0 Å². The van der Waals surface area contributed by atoms with Crippen molar-refractivity contribution in [3.05, 3.63) is 90.5 Å². The van der Waals surface area contributed by atoms with E-state index >= 15 is 0 Å². The van der Waals surface area contributed by atoms with E-state index < -0.39 is 0 Å². The third kappa shape index (κ3) is 4.42. The van der Waals surface area contributed by atoms with Gasteiger partial charge in [0.2, 0.25) is 0 Å². The molecule has 0 unspecified atom stereocenters. The van der Waals surface area contributed by atoms with Crippen molar-refractivity contribution >= 4 is 29.1 Å². The topological polar surface area (TPSA) is 32.7 Å². The molecular formula is C22H20N2O. The van der Waals surface area contributed by atoms with E-state index in [1.165, 1.54) is 6.92 Å². The van der Waals surface area contributed by atoms with Gasteiger partial charge in [0.25, 0.3) is 0 Å². The van der Waals surface area contributed by atoms with Crippen LogP contribution in [0.5, 0.6) is 0 Å². The van der Waals surface area contributed by atoms with Crippen molar-refractivity contribution in [1.82, 2.24) is 0 Å². The average Bonchev–Trinajstić information content (AvgIpc) is 2.65. The summed E-state index contributed by atoms with van der Waals surface area (Å²) in [4.78, 5) is 17.3. The molecule has 0 saturated carbocycles. The maximum atomic E-state index is 11.0. The van der Waals surface area contributed by atoms with Crippen molar-refractivity contribution in [2.45, 2.75) is 6.92 Å². The first-order valence-corrected chi connectivity index (χ1v) is 8.23. The van der Waals surface area contributed by atoms with Crippen LogP contribution < -0.4 is 4.90 Å². The van der Waals surface area contributed by atoms with Crippen LogP contribution in [0.2, 0.25) is 0 Å². The van der Waals surface area contributed by atoms with Crippen LogP contribution in [0.3, 0.4) is 0 Å². The van der Waals surface area contributed by atoms with Crippen LogP contribution in [0.25, 0.3) is 0 Å². The SMILES string of the molecule is CC(=O)CN=Cc1ccc(N(c2ccccc2)c2ccccc2)cc1. The van der Waals surface area contributed by atoms with Crippen molar-refractivity contribution in [3.63, 3.8) is 0 Å². The van der Waals surface area contributed by atoms with Crippen LogP contribution in [-0.4, -0.2) is 18.5 Å². The molecule has 0 amide bonds. The quantitative estimate of drug-likeness (QED) is 0.585. The van der Waals surface area contributed by atoms with Gasteiger partial charge >= 0.3 is 0 Å². The summed E-state index contributed by atoms with van der Waals surface area (Å²) in [6, 6.07) is 28.7. The smallest absolute Gasteiger partial charge is 0.151 e. The molecular weight excluding hydrogens is 308 g/mol. The number of hydrogen-bond acceptors (Lipinski definition) is 3. The Morgan fingerprint density at radius 1 is 0.800 bits per heavy atom. The van der Waals surface area contributed by atoms with Crippen molar-refractivity contribution in [2.24, 2.45) is 4.99 Å². The summed E-state index contributed by atoms with van der Waals surface area (Å²) in [6.45, 7) is 1.76. The molecule has 3 heteroatoms. The van der Waals surface area contributed by atoms with E-state index in [9.17, 15) is 4.79 Å². The number of carbonyl (C=O) groups is 1. The number of hydrogen-bond donors (Lipinski definition) is 0. The molecule has 25 heavy (non-hydrogen) atoms. The van der Waals surface area contributed by atoms with Gasteiger partial charge in [-0.3, -0.25) is 9.79 Å². The normalized spacial score (nSPS) is 10.8. The van der Waals surface area contributed by atoms with E-state index in [2.05, 4.69) is 46.3 Å². The first kappa shape index (κ1) is 16.7. The van der Waals surface area contributed by atoms with Gasteiger partial charge < -0.3 is 4.90 Å². The zero-order chi connectivity index (χ0) is 17.5.